The first-order valence-corrected chi connectivity index (χ1v) is 9.60. The van der Waals surface area contributed by atoms with Crippen molar-refractivity contribution in [1.29, 1.82) is 0 Å². The van der Waals surface area contributed by atoms with Gasteiger partial charge in [-0.15, -0.1) is 0 Å². The van der Waals surface area contributed by atoms with E-state index in [2.05, 4.69) is 10.6 Å². The Morgan fingerprint density at radius 2 is 1.26 bits per heavy atom. The number of aliphatic hydroxyl groups excluding tert-OH is 1. The van der Waals surface area contributed by atoms with Crippen LogP contribution in [0.1, 0.15) is 26.2 Å². The van der Waals surface area contributed by atoms with Gasteiger partial charge < -0.3 is 30.0 Å². The van der Waals surface area contributed by atoms with Crippen molar-refractivity contribution in [2.45, 2.75) is 31.7 Å². The fourth-order valence-electron chi connectivity index (χ4n) is 2.19. The van der Waals surface area contributed by atoms with Gasteiger partial charge in [0, 0.05) is 13.0 Å². The Hall–Kier alpha value is -2.36. The number of Topliss-reactive ketones (excluding diaryl/α,β-unsaturated/α-hetero) is 1. The standard InChI is InChI=1S/C17H32N4O10/c1-2-18-16(26)19-17(10-29-6-3-13(23)9-22,11-30-7-4-14(24)20-27)12-31-8-5-15(25)21-28/h22,27-28H,2-12H2,1H3,(H,20,24)(H,21,25)(H2,18,19,26). The lowest BCUT2D eigenvalue weighted by molar-refractivity contribution is -0.130. The Labute approximate surface area is 179 Å². The molecule has 0 bridgehead atoms. The summed E-state index contributed by atoms with van der Waals surface area (Å²) < 4.78 is 16.4. The van der Waals surface area contributed by atoms with Gasteiger partial charge in [0.05, 0.1) is 52.5 Å². The van der Waals surface area contributed by atoms with Crippen LogP contribution in [0.25, 0.3) is 0 Å². The van der Waals surface area contributed by atoms with Gasteiger partial charge in [0.2, 0.25) is 11.8 Å². The smallest absolute Gasteiger partial charge is 0.315 e. The molecule has 0 aromatic carbocycles. The fraction of sp³-hybridized carbons (Fsp3) is 0.765. The second-order valence-electron chi connectivity index (χ2n) is 6.44. The molecule has 0 rings (SSSR count). The van der Waals surface area contributed by atoms with Crippen LogP contribution in [-0.2, 0) is 28.6 Å². The highest BCUT2D eigenvalue weighted by Crippen LogP contribution is 2.10. The summed E-state index contributed by atoms with van der Waals surface area (Å²) in [4.78, 5) is 45.6. The van der Waals surface area contributed by atoms with Gasteiger partial charge in [-0.05, 0) is 6.92 Å². The molecule has 4 amide bonds. The molecule has 0 unspecified atom stereocenters. The van der Waals surface area contributed by atoms with Crippen LogP contribution in [0.5, 0.6) is 0 Å². The molecule has 0 heterocycles. The largest absolute Gasteiger partial charge is 0.389 e. The van der Waals surface area contributed by atoms with Gasteiger partial charge in [0.1, 0.15) is 12.1 Å². The first-order valence-electron chi connectivity index (χ1n) is 9.60. The van der Waals surface area contributed by atoms with Gasteiger partial charge >= 0.3 is 6.03 Å². The molecule has 31 heavy (non-hydrogen) atoms. The molecule has 14 heteroatoms. The number of rotatable bonds is 18. The molecular weight excluding hydrogens is 420 g/mol. The molecule has 7 N–H and O–H groups in total. The van der Waals surface area contributed by atoms with E-state index >= 15 is 0 Å². The number of urea groups is 1. The minimum absolute atomic E-state index is 0.0297. The molecular formula is C17H32N4O10. The van der Waals surface area contributed by atoms with E-state index in [1.54, 1.807) is 6.92 Å². The van der Waals surface area contributed by atoms with Crippen molar-refractivity contribution in [2.75, 3.05) is 52.8 Å². The monoisotopic (exact) mass is 452 g/mol. The van der Waals surface area contributed by atoms with E-state index in [4.69, 9.17) is 29.7 Å². The van der Waals surface area contributed by atoms with Gasteiger partial charge in [0.15, 0.2) is 5.78 Å². The molecule has 0 aromatic rings. The van der Waals surface area contributed by atoms with Gasteiger partial charge in [-0.3, -0.25) is 24.8 Å². The number of ether oxygens (including phenoxy) is 3. The zero-order chi connectivity index (χ0) is 23.5. The Balaban J connectivity index is 5.12. The minimum Gasteiger partial charge on any atom is -0.389 e. The number of hydroxylamine groups is 2. The predicted octanol–water partition coefficient (Wildman–Crippen LogP) is -2.16. The number of aliphatic hydroxyl groups is 1. The third kappa shape index (κ3) is 14.3. The SMILES string of the molecule is CCNC(=O)NC(COCCC(=O)CO)(COCCC(=O)NO)COCCC(=O)NO. The van der Waals surface area contributed by atoms with Gasteiger partial charge in [-0.2, -0.15) is 0 Å². The highest BCUT2D eigenvalue weighted by molar-refractivity contribution is 5.79. The number of carbonyl (C=O) groups is 4. The Bertz CT molecular complexity index is 501. The zero-order valence-corrected chi connectivity index (χ0v) is 17.5. The highest BCUT2D eigenvalue weighted by atomic mass is 16.5. The van der Waals surface area contributed by atoms with Crippen molar-refractivity contribution in [3.8, 4) is 0 Å². The van der Waals surface area contributed by atoms with E-state index in [0.717, 1.165) is 0 Å². The summed E-state index contributed by atoms with van der Waals surface area (Å²) in [5.41, 5.74) is 1.68. The highest BCUT2D eigenvalue weighted by Gasteiger charge is 2.34. The summed E-state index contributed by atoms with van der Waals surface area (Å²) >= 11 is 0. The predicted molar refractivity (Wildman–Crippen MR) is 103 cm³/mol. The molecule has 0 saturated heterocycles. The zero-order valence-electron chi connectivity index (χ0n) is 17.5. The van der Waals surface area contributed by atoms with Crippen LogP contribution in [0.15, 0.2) is 0 Å². The van der Waals surface area contributed by atoms with E-state index in [0.29, 0.717) is 6.54 Å². The lowest BCUT2D eigenvalue weighted by atomic mass is 10.0. The third-order valence-corrected chi connectivity index (χ3v) is 3.75. The molecule has 0 atom stereocenters. The number of carbonyl (C=O) groups excluding carboxylic acids is 4. The van der Waals surface area contributed by atoms with Crippen LogP contribution >= 0.6 is 0 Å². The average molecular weight is 452 g/mol. The second kappa shape index (κ2) is 17.3. The Morgan fingerprint density at radius 1 is 0.806 bits per heavy atom. The number of hydrogen-bond donors (Lipinski definition) is 7. The first-order chi connectivity index (χ1) is 14.8. The summed E-state index contributed by atoms with van der Waals surface area (Å²) in [6, 6.07) is -0.550. The molecule has 0 aliphatic carbocycles. The number of hydrogen-bond acceptors (Lipinski definition) is 10. The summed E-state index contributed by atoms with van der Waals surface area (Å²) in [6.07, 6.45) is -0.322. The normalized spacial score (nSPS) is 11.0. The van der Waals surface area contributed by atoms with Crippen LogP contribution in [0, 0.1) is 0 Å². The van der Waals surface area contributed by atoms with E-state index in [1.165, 1.54) is 11.0 Å². The first kappa shape index (κ1) is 28.6. The molecule has 0 fully saturated rings. The van der Waals surface area contributed by atoms with Crippen LogP contribution in [0.2, 0.25) is 0 Å². The maximum Gasteiger partial charge on any atom is 0.315 e. The van der Waals surface area contributed by atoms with Crippen molar-refractivity contribution >= 4 is 23.6 Å². The molecule has 0 aromatic heterocycles. The molecule has 14 nitrogen and oxygen atoms in total. The van der Waals surface area contributed by atoms with Gasteiger partial charge in [-0.1, -0.05) is 0 Å². The topological polar surface area (TPSA) is 205 Å². The van der Waals surface area contributed by atoms with Crippen molar-refractivity contribution in [1.82, 2.24) is 21.6 Å². The lowest BCUT2D eigenvalue weighted by Crippen LogP contribution is -2.60. The lowest BCUT2D eigenvalue weighted by Gasteiger charge is -2.34. The van der Waals surface area contributed by atoms with Crippen LogP contribution in [0.4, 0.5) is 4.79 Å². The van der Waals surface area contributed by atoms with Crippen molar-refractivity contribution in [2.24, 2.45) is 0 Å². The second-order valence-corrected chi connectivity index (χ2v) is 6.44. The molecule has 0 spiro atoms. The molecule has 180 valence electrons. The van der Waals surface area contributed by atoms with Crippen LogP contribution in [0.3, 0.4) is 0 Å². The fourth-order valence-corrected chi connectivity index (χ4v) is 2.19. The van der Waals surface area contributed by atoms with E-state index < -0.39 is 35.8 Å². The van der Waals surface area contributed by atoms with Crippen LogP contribution in [-0.4, -0.2) is 97.5 Å². The Morgan fingerprint density at radius 3 is 1.65 bits per heavy atom. The molecule has 0 aliphatic heterocycles. The number of ketones is 1. The van der Waals surface area contributed by atoms with Gasteiger partial charge in [0.25, 0.3) is 0 Å². The van der Waals surface area contributed by atoms with E-state index in [1.807, 2.05) is 0 Å². The quantitative estimate of drug-likeness (QED) is 0.0681. The van der Waals surface area contributed by atoms with E-state index in [9.17, 15) is 19.2 Å². The number of nitrogens with one attached hydrogen (secondary N) is 4. The Kier molecular flexibility index (Phi) is 16.0. The summed E-state index contributed by atoms with van der Waals surface area (Å²) in [5, 5.41) is 31.1. The maximum atomic E-state index is 12.1. The summed E-state index contributed by atoms with van der Waals surface area (Å²) in [5.74, 6) is -1.74. The molecule has 0 radical (unpaired) electrons. The summed E-state index contributed by atoms with van der Waals surface area (Å²) in [6.45, 7) is 0.764. The number of amides is 4. The van der Waals surface area contributed by atoms with Crippen molar-refractivity contribution in [3.05, 3.63) is 0 Å². The summed E-state index contributed by atoms with van der Waals surface area (Å²) in [7, 11) is 0. The molecule has 0 saturated carbocycles. The third-order valence-electron chi connectivity index (χ3n) is 3.75. The van der Waals surface area contributed by atoms with Crippen molar-refractivity contribution < 1.29 is 48.9 Å². The van der Waals surface area contributed by atoms with Crippen molar-refractivity contribution in [3.63, 3.8) is 0 Å². The average Bonchev–Trinajstić information content (AvgIpc) is 2.76. The maximum absolute atomic E-state index is 12.1. The van der Waals surface area contributed by atoms with Gasteiger partial charge in [-0.25, -0.2) is 15.8 Å². The minimum atomic E-state index is -1.26. The van der Waals surface area contributed by atoms with E-state index in [-0.39, 0.29) is 58.9 Å². The van der Waals surface area contributed by atoms with Crippen LogP contribution < -0.4 is 21.6 Å². The molecule has 0 aliphatic rings.